The molecule has 4 heteroatoms. The van der Waals surface area contributed by atoms with Gasteiger partial charge in [-0.05, 0) is 11.4 Å². The number of rotatable bonds is 2. The van der Waals surface area contributed by atoms with Crippen LogP contribution in [0, 0.1) is 17.3 Å². The van der Waals surface area contributed by atoms with Crippen LogP contribution in [0.1, 0.15) is 31.2 Å². The van der Waals surface area contributed by atoms with Crippen LogP contribution in [-0.4, -0.2) is 12.5 Å². The van der Waals surface area contributed by atoms with Gasteiger partial charge in [0.2, 0.25) is 5.91 Å². The Morgan fingerprint density at radius 3 is 2.82 bits per heavy atom. The molecule has 0 radical (unpaired) electrons. The van der Waals surface area contributed by atoms with Gasteiger partial charge in [0.25, 0.3) is 0 Å². The molecule has 3 N–H and O–H groups in total. The monoisotopic (exact) mass is 250 g/mol. The van der Waals surface area contributed by atoms with Gasteiger partial charge in [0.1, 0.15) is 0 Å². The molecule has 17 heavy (non-hydrogen) atoms. The maximum absolute atomic E-state index is 11.7. The van der Waals surface area contributed by atoms with Crippen molar-refractivity contribution in [2.45, 2.75) is 27.3 Å². The first-order chi connectivity index (χ1) is 7.95. The van der Waals surface area contributed by atoms with Gasteiger partial charge in [-0.25, -0.2) is 0 Å². The molecule has 0 aliphatic carbocycles. The van der Waals surface area contributed by atoms with Crippen LogP contribution < -0.4 is 11.1 Å². The first-order valence-corrected chi connectivity index (χ1v) is 6.36. The lowest BCUT2D eigenvalue weighted by Crippen LogP contribution is -2.34. The fraction of sp³-hybridized carbons (Fsp3) is 0.462. The van der Waals surface area contributed by atoms with E-state index in [1.807, 2.05) is 32.2 Å². The zero-order valence-corrected chi connectivity index (χ0v) is 11.3. The van der Waals surface area contributed by atoms with E-state index in [-0.39, 0.29) is 11.3 Å². The van der Waals surface area contributed by atoms with Crippen LogP contribution >= 0.6 is 11.3 Å². The molecule has 1 aromatic rings. The summed E-state index contributed by atoms with van der Waals surface area (Å²) in [5.41, 5.74) is 5.93. The third-order valence-electron chi connectivity index (χ3n) is 2.16. The van der Waals surface area contributed by atoms with E-state index in [9.17, 15) is 4.79 Å². The van der Waals surface area contributed by atoms with Crippen LogP contribution in [-0.2, 0) is 11.3 Å². The van der Waals surface area contributed by atoms with Crippen LogP contribution in [0.3, 0.4) is 0 Å². The summed E-state index contributed by atoms with van der Waals surface area (Å²) in [6.07, 6.45) is 0. The molecular formula is C13H18N2OS. The Kier molecular flexibility index (Phi) is 4.73. The van der Waals surface area contributed by atoms with Crippen LogP contribution in [0.4, 0.5) is 0 Å². The third kappa shape index (κ3) is 4.22. The van der Waals surface area contributed by atoms with E-state index in [4.69, 9.17) is 5.73 Å². The van der Waals surface area contributed by atoms with Crippen molar-refractivity contribution in [3.8, 4) is 11.8 Å². The molecule has 0 aromatic carbocycles. The van der Waals surface area contributed by atoms with Gasteiger partial charge in [-0.1, -0.05) is 32.6 Å². The Balaban J connectivity index is 2.64. The molecule has 0 aliphatic heterocycles. The average molecular weight is 250 g/mol. The van der Waals surface area contributed by atoms with Crippen LogP contribution in [0.25, 0.3) is 0 Å². The Labute approximate surface area is 106 Å². The maximum Gasteiger partial charge on any atom is 0.225 e. The third-order valence-corrected chi connectivity index (χ3v) is 3.08. The summed E-state index contributed by atoms with van der Waals surface area (Å²) >= 11 is 1.59. The van der Waals surface area contributed by atoms with E-state index in [0.717, 1.165) is 10.4 Å². The maximum atomic E-state index is 11.7. The average Bonchev–Trinajstić information content (AvgIpc) is 2.69. The summed E-state index contributed by atoms with van der Waals surface area (Å²) in [6.45, 7) is 6.57. The van der Waals surface area contributed by atoms with E-state index in [2.05, 4.69) is 17.2 Å². The second-order valence-corrected chi connectivity index (χ2v) is 5.70. The summed E-state index contributed by atoms with van der Waals surface area (Å²) in [5, 5.41) is 4.89. The van der Waals surface area contributed by atoms with Crippen molar-refractivity contribution >= 4 is 17.2 Å². The van der Waals surface area contributed by atoms with Crippen LogP contribution in [0.15, 0.2) is 11.4 Å². The van der Waals surface area contributed by atoms with Gasteiger partial charge in [0.05, 0.1) is 13.1 Å². The number of thiophene rings is 1. The lowest BCUT2D eigenvalue weighted by Gasteiger charge is -2.17. The van der Waals surface area contributed by atoms with Crippen molar-refractivity contribution in [2.75, 3.05) is 6.54 Å². The van der Waals surface area contributed by atoms with Gasteiger partial charge in [-0.2, -0.15) is 0 Å². The summed E-state index contributed by atoms with van der Waals surface area (Å²) in [7, 11) is 0. The Bertz CT molecular complexity index is 446. The molecule has 92 valence electrons. The van der Waals surface area contributed by atoms with Gasteiger partial charge < -0.3 is 11.1 Å². The number of nitrogens with two attached hydrogens (primary N) is 1. The van der Waals surface area contributed by atoms with Crippen molar-refractivity contribution in [3.63, 3.8) is 0 Å². The Morgan fingerprint density at radius 1 is 1.53 bits per heavy atom. The lowest BCUT2D eigenvalue weighted by atomic mass is 9.96. The first-order valence-electron chi connectivity index (χ1n) is 5.48. The fourth-order valence-corrected chi connectivity index (χ4v) is 1.93. The van der Waals surface area contributed by atoms with Gasteiger partial charge in [0.15, 0.2) is 0 Å². The number of hydrogen-bond acceptors (Lipinski definition) is 3. The highest BCUT2D eigenvalue weighted by molar-refractivity contribution is 7.10. The van der Waals surface area contributed by atoms with E-state index in [1.54, 1.807) is 11.3 Å². The molecule has 1 rings (SSSR count). The number of nitrogens with one attached hydrogen (secondary N) is 1. The zero-order chi connectivity index (χ0) is 12.9. The van der Waals surface area contributed by atoms with E-state index in [1.165, 1.54) is 0 Å². The molecule has 0 fully saturated rings. The Hall–Kier alpha value is -1.31. The van der Waals surface area contributed by atoms with E-state index >= 15 is 0 Å². The molecule has 0 atom stereocenters. The van der Waals surface area contributed by atoms with Crippen molar-refractivity contribution in [2.24, 2.45) is 11.1 Å². The fourth-order valence-electron chi connectivity index (χ4n) is 1.16. The van der Waals surface area contributed by atoms with Gasteiger partial charge >= 0.3 is 0 Å². The second kappa shape index (κ2) is 5.85. The normalized spacial score (nSPS) is 10.6. The quantitative estimate of drug-likeness (QED) is 0.785. The number of carbonyl (C=O) groups is 1. The molecule has 0 saturated carbocycles. The SMILES string of the molecule is CC(C)(C)C(=O)NCc1sccc1C#CCN. The molecule has 0 aliphatic rings. The highest BCUT2D eigenvalue weighted by Gasteiger charge is 2.20. The molecule has 0 spiro atoms. The summed E-state index contributed by atoms with van der Waals surface area (Å²) in [6, 6.07) is 1.95. The topological polar surface area (TPSA) is 55.1 Å². The number of amides is 1. The van der Waals surface area contributed by atoms with Gasteiger partial charge in [0, 0.05) is 15.9 Å². The summed E-state index contributed by atoms with van der Waals surface area (Å²) in [4.78, 5) is 12.8. The molecular weight excluding hydrogens is 232 g/mol. The second-order valence-electron chi connectivity index (χ2n) is 4.70. The van der Waals surface area contributed by atoms with Crippen LogP contribution in [0.2, 0.25) is 0 Å². The summed E-state index contributed by atoms with van der Waals surface area (Å²) in [5.74, 6) is 5.87. The van der Waals surface area contributed by atoms with Crippen molar-refractivity contribution in [3.05, 3.63) is 21.9 Å². The molecule has 1 aromatic heterocycles. The predicted molar refractivity (Wildman–Crippen MR) is 71.6 cm³/mol. The van der Waals surface area contributed by atoms with Crippen molar-refractivity contribution in [1.29, 1.82) is 0 Å². The number of hydrogen-bond donors (Lipinski definition) is 2. The van der Waals surface area contributed by atoms with Gasteiger partial charge in [-0.15, -0.1) is 11.3 Å². The van der Waals surface area contributed by atoms with E-state index < -0.39 is 0 Å². The minimum Gasteiger partial charge on any atom is -0.351 e. The lowest BCUT2D eigenvalue weighted by molar-refractivity contribution is -0.128. The minimum atomic E-state index is -0.361. The molecule has 1 amide bonds. The smallest absolute Gasteiger partial charge is 0.225 e. The van der Waals surface area contributed by atoms with Crippen molar-refractivity contribution in [1.82, 2.24) is 5.32 Å². The standard InChI is InChI=1S/C13H18N2OS/c1-13(2,3)12(16)15-9-11-10(5-4-7-14)6-8-17-11/h6,8H,7,9,14H2,1-3H3,(H,15,16). The minimum absolute atomic E-state index is 0.0450. The zero-order valence-electron chi connectivity index (χ0n) is 10.5. The van der Waals surface area contributed by atoms with Gasteiger partial charge in [-0.3, -0.25) is 4.79 Å². The summed E-state index contributed by atoms with van der Waals surface area (Å²) < 4.78 is 0. The highest BCUT2D eigenvalue weighted by Crippen LogP contribution is 2.17. The number of carbonyl (C=O) groups excluding carboxylic acids is 1. The highest BCUT2D eigenvalue weighted by atomic mass is 32.1. The van der Waals surface area contributed by atoms with E-state index in [0.29, 0.717) is 13.1 Å². The molecule has 0 unspecified atom stereocenters. The molecule has 0 bridgehead atoms. The molecule has 0 saturated heterocycles. The van der Waals surface area contributed by atoms with Crippen molar-refractivity contribution < 1.29 is 4.79 Å². The molecule has 1 heterocycles. The predicted octanol–water partition coefficient (Wildman–Crippen LogP) is 1.72. The van der Waals surface area contributed by atoms with Crippen LogP contribution in [0.5, 0.6) is 0 Å². The molecule has 3 nitrogen and oxygen atoms in total. The largest absolute Gasteiger partial charge is 0.351 e. The Morgan fingerprint density at radius 2 is 2.24 bits per heavy atom. The first kappa shape index (κ1) is 13.8.